The molecule has 0 unspecified atom stereocenters. The molecule has 86 valence electrons. The van der Waals surface area contributed by atoms with E-state index in [2.05, 4.69) is 17.1 Å². The normalized spacial score (nSPS) is 32.9. The number of rotatable bonds is 1. The summed E-state index contributed by atoms with van der Waals surface area (Å²) in [6.45, 7) is 2.06. The number of hydrogen-bond acceptors (Lipinski definition) is 4. The predicted octanol–water partition coefficient (Wildman–Crippen LogP) is 1.75. The average Bonchev–Trinajstić information content (AvgIpc) is 2.30. The van der Waals surface area contributed by atoms with Crippen LogP contribution >= 0.6 is 0 Å². The lowest BCUT2D eigenvalue weighted by Gasteiger charge is -2.32. The Hall–Kier alpha value is -1.42. The molecule has 0 aliphatic heterocycles. The Bertz CT molecular complexity index is 363. The first kappa shape index (κ1) is 11.1. The summed E-state index contributed by atoms with van der Waals surface area (Å²) < 4.78 is 0. The highest BCUT2D eigenvalue weighted by atomic mass is 16.4. The van der Waals surface area contributed by atoms with E-state index < -0.39 is 0 Å². The Kier molecular flexibility index (Phi) is 3.19. The van der Waals surface area contributed by atoms with E-state index in [-0.39, 0.29) is 12.0 Å². The zero-order valence-corrected chi connectivity index (χ0v) is 9.37. The lowest BCUT2D eigenvalue weighted by atomic mass is 9.75. The summed E-state index contributed by atoms with van der Waals surface area (Å²) in [7, 11) is 0. The highest BCUT2D eigenvalue weighted by molar-refractivity contribution is 5.91. The zero-order valence-electron chi connectivity index (χ0n) is 9.37. The van der Waals surface area contributed by atoms with Gasteiger partial charge in [-0.1, -0.05) is 12.1 Å². The average molecular weight is 219 g/mol. The summed E-state index contributed by atoms with van der Waals surface area (Å²) >= 11 is 0. The smallest absolute Gasteiger partial charge is 0.0766 e. The quantitative estimate of drug-likeness (QED) is 0.558. The van der Waals surface area contributed by atoms with Crippen LogP contribution in [0.3, 0.4) is 0 Å². The maximum absolute atomic E-state index is 8.89. The fourth-order valence-corrected chi connectivity index (χ4v) is 2.52. The van der Waals surface area contributed by atoms with Gasteiger partial charge in [-0.2, -0.15) is 0 Å². The zero-order chi connectivity index (χ0) is 11.5. The first-order chi connectivity index (χ1) is 7.72. The lowest BCUT2D eigenvalue weighted by molar-refractivity contribution is 0.305. The first-order valence-corrected chi connectivity index (χ1v) is 5.59. The predicted molar refractivity (Wildman–Crippen MR) is 62.6 cm³/mol. The van der Waals surface area contributed by atoms with Crippen LogP contribution in [0, 0.1) is 5.92 Å². The molecule has 1 aromatic rings. The molecule has 2 rings (SSSR count). The Morgan fingerprint density at radius 2 is 2.06 bits per heavy atom. The van der Waals surface area contributed by atoms with Gasteiger partial charge in [0.1, 0.15) is 0 Å². The molecule has 1 heterocycles. The van der Waals surface area contributed by atoms with Crippen LogP contribution in [0.4, 0.5) is 0 Å². The molecule has 1 aromatic heterocycles. The fourth-order valence-electron chi connectivity index (χ4n) is 2.52. The van der Waals surface area contributed by atoms with Crippen molar-refractivity contribution in [1.82, 2.24) is 4.98 Å². The van der Waals surface area contributed by atoms with Crippen LogP contribution in [-0.4, -0.2) is 21.9 Å². The molecule has 4 heteroatoms. The lowest BCUT2D eigenvalue weighted by Crippen LogP contribution is -2.41. The van der Waals surface area contributed by atoms with Crippen LogP contribution in [0.2, 0.25) is 0 Å². The topological polar surface area (TPSA) is 71.5 Å². The second-order valence-corrected chi connectivity index (χ2v) is 4.48. The molecular weight excluding hydrogens is 202 g/mol. The molecule has 0 amide bonds. The standard InChI is InChI=1S/C12H17N3O/c1-8-6-10(7-11(13)12(8)15-16)9-2-4-14-5-3-9/h2-5,8,10-11,16H,6-7,13H2,1H3/b15-12-/t8-,10+,11+/m0/s1. The molecule has 1 aliphatic carbocycles. The van der Waals surface area contributed by atoms with Gasteiger partial charge in [0.05, 0.1) is 5.71 Å². The van der Waals surface area contributed by atoms with Crippen molar-refractivity contribution in [2.45, 2.75) is 31.7 Å². The van der Waals surface area contributed by atoms with E-state index in [4.69, 9.17) is 10.9 Å². The van der Waals surface area contributed by atoms with Crippen LogP contribution in [0.1, 0.15) is 31.2 Å². The van der Waals surface area contributed by atoms with Gasteiger partial charge >= 0.3 is 0 Å². The second-order valence-electron chi connectivity index (χ2n) is 4.48. The van der Waals surface area contributed by atoms with Crippen molar-refractivity contribution in [3.63, 3.8) is 0 Å². The molecule has 0 bridgehead atoms. The van der Waals surface area contributed by atoms with E-state index in [9.17, 15) is 0 Å². The number of pyridine rings is 1. The molecule has 16 heavy (non-hydrogen) atoms. The number of nitrogens with zero attached hydrogens (tertiary/aromatic N) is 2. The molecule has 1 aliphatic rings. The fraction of sp³-hybridized carbons (Fsp3) is 0.500. The van der Waals surface area contributed by atoms with Crippen molar-refractivity contribution in [3.05, 3.63) is 30.1 Å². The van der Waals surface area contributed by atoms with Gasteiger partial charge in [-0.3, -0.25) is 4.98 Å². The molecule has 0 aromatic carbocycles. The minimum absolute atomic E-state index is 0.132. The first-order valence-electron chi connectivity index (χ1n) is 5.59. The van der Waals surface area contributed by atoms with Crippen LogP contribution < -0.4 is 5.73 Å². The molecule has 1 fully saturated rings. The molecule has 0 saturated heterocycles. The molecule has 1 saturated carbocycles. The summed E-state index contributed by atoms with van der Waals surface area (Å²) in [6.07, 6.45) is 5.44. The van der Waals surface area contributed by atoms with Crippen LogP contribution in [0.25, 0.3) is 0 Å². The minimum atomic E-state index is -0.132. The third kappa shape index (κ3) is 2.07. The Labute approximate surface area is 95.2 Å². The molecule has 3 atom stereocenters. The van der Waals surface area contributed by atoms with Gasteiger partial charge in [-0.15, -0.1) is 0 Å². The summed E-state index contributed by atoms with van der Waals surface area (Å²) in [5.41, 5.74) is 8.00. The van der Waals surface area contributed by atoms with Gasteiger partial charge in [0.2, 0.25) is 0 Å². The van der Waals surface area contributed by atoms with E-state index in [1.165, 1.54) is 5.56 Å². The summed E-state index contributed by atoms with van der Waals surface area (Å²) in [4.78, 5) is 4.01. The van der Waals surface area contributed by atoms with Gasteiger partial charge in [-0.05, 0) is 42.4 Å². The van der Waals surface area contributed by atoms with E-state index in [1.54, 1.807) is 12.4 Å². The highest BCUT2D eigenvalue weighted by Crippen LogP contribution is 2.33. The van der Waals surface area contributed by atoms with Gasteiger partial charge in [0.25, 0.3) is 0 Å². The van der Waals surface area contributed by atoms with Crippen molar-refractivity contribution in [2.24, 2.45) is 16.8 Å². The monoisotopic (exact) mass is 219 g/mol. The highest BCUT2D eigenvalue weighted by Gasteiger charge is 2.31. The van der Waals surface area contributed by atoms with E-state index in [1.807, 2.05) is 12.1 Å². The van der Waals surface area contributed by atoms with E-state index in [0.717, 1.165) is 18.6 Å². The number of nitrogens with two attached hydrogens (primary N) is 1. The molecular formula is C12H17N3O. The van der Waals surface area contributed by atoms with Crippen LogP contribution in [0.15, 0.2) is 29.7 Å². The molecule has 4 nitrogen and oxygen atoms in total. The SMILES string of the molecule is C[C@H]1C[C@@H](c2ccncc2)C[C@@H](N)/C1=N\O. The largest absolute Gasteiger partial charge is 0.411 e. The van der Waals surface area contributed by atoms with Crippen molar-refractivity contribution in [2.75, 3.05) is 0 Å². The van der Waals surface area contributed by atoms with E-state index in [0.29, 0.717) is 5.92 Å². The second kappa shape index (κ2) is 4.61. The van der Waals surface area contributed by atoms with Crippen molar-refractivity contribution >= 4 is 5.71 Å². The number of aromatic nitrogens is 1. The van der Waals surface area contributed by atoms with Crippen LogP contribution in [0.5, 0.6) is 0 Å². The Balaban J connectivity index is 2.17. The third-order valence-electron chi connectivity index (χ3n) is 3.35. The molecule has 0 spiro atoms. The van der Waals surface area contributed by atoms with Gasteiger partial charge < -0.3 is 10.9 Å². The van der Waals surface area contributed by atoms with Gasteiger partial charge in [-0.25, -0.2) is 0 Å². The maximum Gasteiger partial charge on any atom is 0.0766 e. The van der Waals surface area contributed by atoms with E-state index >= 15 is 0 Å². The minimum Gasteiger partial charge on any atom is -0.411 e. The molecule has 3 N–H and O–H groups in total. The Morgan fingerprint density at radius 1 is 1.38 bits per heavy atom. The number of oxime groups is 1. The number of hydrogen-bond donors (Lipinski definition) is 2. The maximum atomic E-state index is 8.89. The third-order valence-corrected chi connectivity index (χ3v) is 3.35. The van der Waals surface area contributed by atoms with Crippen LogP contribution in [-0.2, 0) is 0 Å². The summed E-state index contributed by atoms with van der Waals surface area (Å²) in [5.74, 6) is 0.686. The summed E-state index contributed by atoms with van der Waals surface area (Å²) in [6, 6.07) is 3.93. The Morgan fingerprint density at radius 3 is 2.62 bits per heavy atom. The van der Waals surface area contributed by atoms with Gasteiger partial charge in [0, 0.05) is 18.4 Å². The molecule has 0 radical (unpaired) electrons. The summed E-state index contributed by atoms with van der Waals surface area (Å²) in [5, 5.41) is 12.2. The van der Waals surface area contributed by atoms with Crippen molar-refractivity contribution in [3.8, 4) is 0 Å². The van der Waals surface area contributed by atoms with Crippen molar-refractivity contribution in [1.29, 1.82) is 0 Å². The van der Waals surface area contributed by atoms with Crippen molar-refractivity contribution < 1.29 is 5.21 Å². The van der Waals surface area contributed by atoms with Gasteiger partial charge in [0.15, 0.2) is 0 Å².